The van der Waals surface area contributed by atoms with Crippen LogP contribution in [0.3, 0.4) is 0 Å². The van der Waals surface area contributed by atoms with Crippen molar-refractivity contribution in [2.24, 2.45) is 0 Å². The first-order valence-electron chi connectivity index (χ1n) is 8.26. The van der Waals surface area contributed by atoms with Gasteiger partial charge in [-0.15, -0.1) is 5.10 Å². The van der Waals surface area contributed by atoms with Crippen LogP contribution in [-0.4, -0.2) is 64.7 Å². The third kappa shape index (κ3) is 5.54. The fourth-order valence-corrected chi connectivity index (χ4v) is 2.47. The SMILES string of the molecule is CCN(CCOC)Cc1ccc(CN(C)C(=O)c2nc(N)n[nH]2)cc1. The van der Waals surface area contributed by atoms with Gasteiger partial charge in [0.15, 0.2) is 0 Å². The van der Waals surface area contributed by atoms with Crippen molar-refractivity contribution in [1.82, 2.24) is 25.0 Å². The third-order valence-corrected chi connectivity index (χ3v) is 3.96. The summed E-state index contributed by atoms with van der Waals surface area (Å²) in [6.07, 6.45) is 0. The zero-order valence-electron chi connectivity index (χ0n) is 15.0. The Hall–Kier alpha value is -2.45. The van der Waals surface area contributed by atoms with Crippen molar-refractivity contribution < 1.29 is 9.53 Å². The van der Waals surface area contributed by atoms with E-state index in [2.05, 4.69) is 39.1 Å². The number of nitrogen functional groups attached to an aromatic ring is 1. The zero-order valence-corrected chi connectivity index (χ0v) is 15.0. The molecule has 0 radical (unpaired) electrons. The maximum absolute atomic E-state index is 12.2. The quantitative estimate of drug-likeness (QED) is 0.706. The van der Waals surface area contributed by atoms with Crippen molar-refractivity contribution in [2.45, 2.75) is 20.0 Å². The molecule has 0 atom stereocenters. The number of hydrogen-bond acceptors (Lipinski definition) is 6. The Morgan fingerprint density at radius 3 is 2.40 bits per heavy atom. The Morgan fingerprint density at radius 1 is 1.24 bits per heavy atom. The van der Waals surface area contributed by atoms with E-state index in [1.165, 1.54) is 5.56 Å². The van der Waals surface area contributed by atoms with Crippen molar-refractivity contribution >= 4 is 11.9 Å². The Kier molecular flexibility index (Phi) is 6.91. The molecule has 0 unspecified atom stereocenters. The number of amides is 1. The summed E-state index contributed by atoms with van der Waals surface area (Å²) >= 11 is 0. The molecule has 2 rings (SSSR count). The molecule has 8 nitrogen and oxygen atoms in total. The van der Waals surface area contributed by atoms with Crippen LogP contribution in [0.25, 0.3) is 0 Å². The van der Waals surface area contributed by atoms with Gasteiger partial charge < -0.3 is 15.4 Å². The molecule has 0 bridgehead atoms. The number of nitrogens with zero attached hydrogens (tertiary/aromatic N) is 4. The Balaban J connectivity index is 1.92. The second-order valence-electron chi connectivity index (χ2n) is 5.88. The zero-order chi connectivity index (χ0) is 18.2. The highest BCUT2D eigenvalue weighted by Crippen LogP contribution is 2.10. The van der Waals surface area contributed by atoms with E-state index in [0.29, 0.717) is 6.54 Å². The van der Waals surface area contributed by atoms with Crippen LogP contribution in [0.1, 0.15) is 28.7 Å². The highest BCUT2D eigenvalue weighted by Gasteiger charge is 2.16. The first-order chi connectivity index (χ1) is 12.0. The topological polar surface area (TPSA) is 100 Å². The summed E-state index contributed by atoms with van der Waals surface area (Å²) in [4.78, 5) is 20.0. The highest BCUT2D eigenvalue weighted by atomic mass is 16.5. The maximum Gasteiger partial charge on any atom is 0.291 e. The standard InChI is InChI=1S/C17H26N6O2/c1-4-23(9-10-25-3)12-14-7-5-13(6-8-14)11-22(2)16(24)15-19-17(18)21-20-15/h5-8H,4,9-12H2,1-3H3,(H3,18,19,20,21). The number of methoxy groups -OCH3 is 1. The number of benzene rings is 1. The Bertz CT molecular complexity index is 670. The van der Waals surface area contributed by atoms with E-state index in [1.807, 2.05) is 12.1 Å². The van der Waals surface area contributed by atoms with Crippen molar-refractivity contribution in [3.05, 3.63) is 41.2 Å². The van der Waals surface area contributed by atoms with Crippen molar-refractivity contribution in [3.63, 3.8) is 0 Å². The molecule has 0 saturated carbocycles. The molecule has 1 aromatic heterocycles. The average Bonchev–Trinajstić information content (AvgIpc) is 3.05. The number of aromatic nitrogens is 3. The first kappa shape index (κ1) is 18.9. The second kappa shape index (κ2) is 9.14. The van der Waals surface area contributed by atoms with E-state index in [4.69, 9.17) is 10.5 Å². The number of H-pyrrole nitrogens is 1. The molecule has 1 aromatic carbocycles. The molecule has 8 heteroatoms. The number of nitrogens with one attached hydrogen (secondary N) is 1. The van der Waals surface area contributed by atoms with E-state index in [0.717, 1.165) is 31.8 Å². The molecule has 0 fully saturated rings. The fourth-order valence-electron chi connectivity index (χ4n) is 2.47. The van der Waals surface area contributed by atoms with Crippen LogP contribution in [0, 0.1) is 0 Å². The summed E-state index contributed by atoms with van der Waals surface area (Å²) in [6.45, 7) is 6.12. The van der Waals surface area contributed by atoms with Crippen LogP contribution in [0.2, 0.25) is 0 Å². The number of ether oxygens (including phenoxy) is 1. The number of hydrogen-bond donors (Lipinski definition) is 2. The number of nitrogens with two attached hydrogens (primary N) is 1. The molecule has 2 aromatic rings. The minimum Gasteiger partial charge on any atom is -0.383 e. The molecule has 0 aliphatic heterocycles. The predicted molar refractivity (Wildman–Crippen MR) is 95.9 cm³/mol. The van der Waals surface area contributed by atoms with Crippen molar-refractivity contribution in [2.75, 3.05) is 39.6 Å². The van der Waals surface area contributed by atoms with Gasteiger partial charge in [0.25, 0.3) is 5.91 Å². The van der Waals surface area contributed by atoms with Gasteiger partial charge in [0.05, 0.1) is 6.61 Å². The molecule has 136 valence electrons. The van der Waals surface area contributed by atoms with Gasteiger partial charge in [-0.05, 0) is 17.7 Å². The highest BCUT2D eigenvalue weighted by molar-refractivity contribution is 5.90. The van der Waals surface area contributed by atoms with Gasteiger partial charge in [0.1, 0.15) is 0 Å². The minimum absolute atomic E-state index is 0.0649. The molecule has 0 aliphatic rings. The van der Waals surface area contributed by atoms with E-state index in [9.17, 15) is 4.79 Å². The molecule has 0 saturated heterocycles. The van der Waals surface area contributed by atoms with E-state index >= 15 is 0 Å². The third-order valence-electron chi connectivity index (χ3n) is 3.96. The summed E-state index contributed by atoms with van der Waals surface area (Å²) < 4.78 is 5.14. The van der Waals surface area contributed by atoms with E-state index < -0.39 is 0 Å². The summed E-state index contributed by atoms with van der Waals surface area (Å²) in [5.74, 6) is -0.0339. The molecule has 1 amide bonds. The Morgan fingerprint density at radius 2 is 1.88 bits per heavy atom. The van der Waals surface area contributed by atoms with Gasteiger partial charge in [0, 0.05) is 33.8 Å². The number of carbonyl (C=O) groups excluding carboxylic acids is 1. The predicted octanol–water partition coefficient (Wildman–Crippen LogP) is 1.13. The molecule has 0 aliphatic carbocycles. The number of carbonyl (C=O) groups is 1. The van der Waals surface area contributed by atoms with Crippen LogP contribution < -0.4 is 5.73 Å². The molecular formula is C17H26N6O2. The summed E-state index contributed by atoms with van der Waals surface area (Å²) in [5.41, 5.74) is 7.71. The second-order valence-corrected chi connectivity index (χ2v) is 5.88. The summed E-state index contributed by atoms with van der Waals surface area (Å²) in [7, 11) is 3.44. The fraction of sp³-hybridized carbons (Fsp3) is 0.471. The molecule has 1 heterocycles. The molecule has 3 N–H and O–H groups in total. The average molecular weight is 346 g/mol. The summed E-state index contributed by atoms with van der Waals surface area (Å²) in [6, 6.07) is 8.27. The van der Waals surface area contributed by atoms with Gasteiger partial charge in [0.2, 0.25) is 11.8 Å². The lowest BCUT2D eigenvalue weighted by atomic mass is 10.1. The molecule has 0 spiro atoms. The molecular weight excluding hydrogens is 320 g/mol. The van der Waals surface area contributed by atoms with Crippen LogP contribution in [0.5, 0.6) is 0 Å². The lowest BCUT2D eigenvalue weighted by molar-refractivity contribution is 0.0773. The number of anilines is 1. The van der Waals surface area contributed by atoms with Gasteiger partial charge >= 0.3 is 0 Å². The normalized spacial score (nSPS) is 11.0. The lowest BCUT2D eigenvalue weighted by Gasteiger charge is -2.20. The van der Waals surface area contributed by atoms with E-state index in [1.54, 1.807) is 19.1 Å². The van der Waals surface area contributed by atoms with E-state index in [-0.39, 0.29) is 17.7 Å². The smallest absolute Gasteiger partial charge is 0.291 e. The summed E-state index contributed by atoms with van der Waals surface area (Å²) in [5, 5.41) is 6.21. The van der Waals surface area contributed by atoms with Crippen LogP contribution in [-0.2, 0) is 17.8 Å². The van der Waals surface area contributed by atoms with Gasteiger partial charge in [-0.25, -0.2) is 0 Å². The lowest BCUT2D eigenvalue weighted by Crippen LogP contribution is -2.27. The number of likely N-dealkylation sites (N-methyl/N-ethyl adjacent to an activating group) is 1. The van der Waals surface area contributed by atoms with Gasteiger partial charge in [-0.1, -0.05) is 31.2 Å². The van der Waals surface area contributed by atoms with Crippen molar-refractivity contribution in [1.29, 1.82) is 0 Å². The van der Waals surface area contributed by atoms with Crippen molar-refractivity contribution in [3.8, 4) is 0 Å². The Labute approximate surface area is 148 Å². The van der Waals surface area contributed by atoms with Crippen LogP contribution >= 0.6 is 0 Å². The first-order valence-corrected chi connectivity index (χ1v) is 8.26. The number of aromatic amines is 1. The molecule has 25 heavy (non-hydrogen) atoms. The van der Waals surface area contributed by atoms with Crippen LogP contribution in [0.4, 0.5) is 5.95 Å². The maximum atomic E-state index is 12.2. The largest absolute Gasteiger partial charge is 0.383 e. The monoisotopic (exact) mass is 346 g/mol. The van der Waals surface area contributed by atoms with Gasteiger partial charge in [-0.3, -0.25) is 14.8 Å². The minimum atomic E-state index is -0.245. The van der Waals surface area contributed by atoms with Crippen LogP contribution in [0.15, 0.2) is 24.3 Å². The number of rotatable bonds is 9. The van der Waals surface area contributed by atoms with Gasteiger partial charge in [-0.2, -0.15) is 4.98 Å².